The molecule has 0 radical (unpaired) electrons. The summed E-state index contributed by atoms with van der Waals surface area (Å²) in [6.45, 7) is 7.01. The predicted molar refractivity (Wildman–Crippen MR) is 108 cm³/mol. The highest BCUT2D eigenvalue weighted by Gasteiger charge is 2.46. The van der Waals surface area contributed by atoms with Crippen molar-refractivity contribution in [2.75, 3.05) is 13.1 Å². The van der Waals surface area contributed by atoms with Gasteiger partial charge >= 0.3 is 0 Å². The van der Waals surface area contributed by atoms with Crippen LogP contribution in [0, 0.1) is 6.92 Å². The number of likely N-dealkylation sites (tertiary alicyclic amines) is 1. The second kappa shape index (κ2) is 7.59. The summed E-state index contributed by atoms with van der Waals surface area (Å²) in [5.41, 5.74) is 2.98. The third kappa shape index (κ3) is 3.64. The van der Waals surface area contributed by atoms with E-state index in [0.29, 0.717) is 38.0 Å². The maximum atomic E-state index is 12.9. The second-order valence-electron chi connectivity index (χ2n) is 8.34. The highest BCUT2D eigenvalue weighted by atomic mass is 16.2. The minimum absolute atomic E-state index is 0.00208. The zero-order chi connectivity index (χ0) is 20.6. The number of hydrogen-bond donors (Lipinski definition) is 3. The lowest BCUT2D eigenvalue weighted by Crippen LogP contribution is -2.62. The van der Waals surface area contributed by atoms with Gasteiger partial charge < -0.3 is 15.2 Å². The minimum Gasteiger partial charge on any atom is -0.353 e. The van der Waals surface area contributed by atoms with E-state index in [1.807, 2.05) is 37.8 Å². The summed E-state index contributed by atoms with van der Waals surface area (Å²) in [6, 6.07) is 3.52. The molecule has 0 saturated carbocycles. The molecule has 8 nitrogen and oxygen atoms in total. The van der Waals surface area contributed by atoms with Crippen molar-refractivity contribution >= 4 is 11.8 Å². The summed E-state index contributed by atoms with van der Waals surface area (Å²) < 4.78 is 0. The largest absolute Gasteiger partial charge is 0.353 e. The van der Waals surface area contributed by atoms with E-state index in [1.165, 1.54) is 0 Å². The molecular weight excluding hydrogens is 368 g/mol. The lowest BCUT2D eigenvalue weighted by atomic mass is 9.78. The van der Waals surface area contributed by atoms with Gasteiger partial charge in [0.2, 0.25) is 5.91 Å². The number of imidazole rings is 1. The molecule has 1 spiro atoms. The number of aromatic nitrogens is 3. The fraction of sp³-hybridized carbons (Fsp3) is 0.524. The van der Waals surface area contributed by atoms with E-state index < -0.39 is 5.54 Å². The smallest absolute Gasteiger partial charge is 0.272 e. The summed E-state index contributed by atoms with van der Waals surface area (Å²) in [4.78, 5) is 39.5. The number of aromatic amines is 1. The first-order chi connectivity index (χ1) is 13.9. The lowest BCUT2D eigenvalue weighted by Gasteiger charge is -2.46. The van der Waals surface area contributed by atoms with Crippen LogP contribution >= 0.6 is 0 Å². The Morgan fingerprint density at radius 2 is 2.03 bits per heavy atom. The van der Waals surface area contributed by atoms with Crippen molar-refractivity contribution in [1.29, 1.82) is 0 Å². The van der Waals surface area contributed by atoms with Crippen LogP contribution in [0.15, 0.2) is 24.7 Å². The van der Waals surface area contributed by atoms with Crippen LogP contribution < -0.4 is 10.6 Å². The third-order valence-electron chi connectivity index (χ3n) is 5.89. The number of H-pyrrole nitrogens is 1. The number of pyridine rings is 1. The third-order valence-corrected chi connectivity index (χ3v) is 5.89. The van der Waals surface area contributed by atoms with Gasteiger partial charge in [-0.15, -0.1) is 0 Å². The van der Waals surface area contributed by atoms with E-state index in [4.69, 9.17) is 0 Å². The van der Waals surface area contributed by atoms with Crippen molar-refractivity contribution in [2.45, 2.75) is 57.7 Å². The Balaban J connectivity index is 1.53. The first-order valence-electron chi connectivity index (χ1n) is 10.2. The molecule has 2 amide bonds. The van der Waals surface area contributed by atoms with Gasteiger partial charge in [-0.2, -0.15) is 0 Å². The van der Waals surface area contributed by atoms with Crippen LogP contribution in [-0.4, -0.2) is 56.8 Å². The topological polar surface area (TPSA) is 103 Å². The molecule has 4 heterocycles. The minimum atomic E-state index is -0.400. The Bertz CT molecular complexity index is 913. The first kappa shape index (κ1) is 19.6. The zero-order valence-corrected chi connectivity index (χ0v) is 17.2. The van der Waals surface area contributed by atoms with Gasteiger partial charge in [-0.05, 0) is 45.2 Å². The molecule has 2 aliphatic heterocycles. The van der Waals surface area contributed by atoms with Crippen LogP contribution in [0.25, 0.3) is 0 Å². The van der Waals surface area contributed by atoms with Gasteiger partial charge in [0.15, 0.2) is 0 Å². The van der Waals surface area contributed by atoms with E-state index in [2.05, 4.69) is 25.6 Å². The Morgan fingerprint density at radius 3 is 2.72 bits per heavy atom. The summed E-state index contributed by atoms with van der Waals surface area (Å²) in [6.07, 6.45) is 5.35. The number of carbonyl (C=O) groups is 2. The van der Waals surface area contributed by atoms with Crippen LogP contribution in [0.2, 0.25) is 0 Å². The maximum Gasteiger partial charge on any atom is 0.272 e. The zero-order valence-electron chi connectivity index (χ0n) is 17.2. The summed E-state index contributed by atoms with van der Waals surface area (Å²) >= 11 is 0. The van der Waals surface area contributed by atoms with Gasteiger partial charge in [0.05, 0.1) is 23.6 Å². The number of aryl methyl sites for hydroxylation is 1. The number of hydrogen-bond acceptors (Lipinski definition) is 5. The van der Waals surface area contributed by atoms with E-state index in [1.54, 1.807) is 12.5 Å². The van der Waals surface area contributed by atoms with E-state index >= 15 is 0 Å². The van der Waals surface area contributed by atoms with E-state index in [0.717, 1.165) is 17.0 Å². The molecule has 1 fully saturated rings. The van der Waals surface area contributed by atoms with Crippen molar-refractivity contribution in [3.8, 4) is 0 Å². The molecule has 1 saturated heterocycles. The summed E-state index contributed by atoms with van der Waals surface area (Å²) in [5, 5.41) is 6.58. The summed E-state index contributed by atoms with van der Waals surface area (Å²) in [5.74, 6) is -0.0349. The van der Waals surface area contributed by atoms with E-state index in [9.17, 15) is 9.59 Å². The number of rotatable bonds is 3. The molecule has 0 unspecified atom stereocenters. The molecule has 0 aromatic carbocycles. The standard InChI is InChI=1S/C21H28N6O2/c1-13(2)25-19(28)16-11-15-18(24-12-23-15)21(26-16)6-9-27(10-7-21)20(29)17-14(3)5-4-8-22-17/h4-5,8,12-13,16,26H,6-7,9-11H2,1-3H3,(H,23,24)(H,25,28)/t16-/m0/s1. The van der Waals surface area contributed by atoms with Gasteiger partial charge in [0.25, 0.3) is 5.91 Å². The fourth-order valence-electron chi connectivity index (χ4n) is 4.42. The van der Waals surface area contributed by atoms with Crippen LogP contribution in [0.3, 0.4) is 0 Å². The molecule has 2 aromatic heterocycles. The molecule has 2 aromatic rings. The van der Waals surface area contributed by atoms with Crippen molar-refractivity contribution in [1.82, 2.24) is 30.5 Å². The normalized spacial score (nSPS) is 20.6. The molecule has 0 aliphatic carbocycles. The molecule has 0 bridgehead atoms. The molecule has 1 atom stereocenters. The Morgan fingerprint density at radius 1 is 1.28 bits per heavy atom. The number of nitrogens with zero attached hydrogens (tertiary/aromatic N) is 3. The van der Waals surface area contributed by atoms with Crippen LogP contribution in [0.1, 0.15) is 54.1 Å². The second-order valence-corrected chi connectivity index (χ2v) is 8.34. The van der Waals surface area contributed by atoms with E-state index in [-0.39, 0.29) is 23.9 Å². The molecule has 154 valence electrons. The first-order valence-corrected chi connectivity index (χ1v) is 10.2. The molecule has 29 heavy (non-hydrogen) atoms. The van der Waals surface area contributed by atoms with Crippen molar-refractivity contribution in [2.24, 2.45) is 0 Å². The Kier molecular flexibility index (Phi) is 5.12. The van der Waals surface area contributed by atoms with Gasteiger partial charge in [0.1, 0.15) is 5.69 Å². The predicted octanol–water partition coefficient (Wildman–Crippen LogP) is 1.28. The lowest BCUT2D eigenvalue weighted by molar-refractivity contribution is -0.124. The number of amides is 2. The quantitative estimate of drug-likeness (QED) is 0.725. The average molecular weight is 396 g/mol. The van der Waals surface area contributed by atoms with Crippen molar-refractivity contribution in [3.63, 3.8) is 0 Å². The molecule has 3 N–H and O–H groups in total. The Labute approximate surface area is 170 Å². The highest BCUT2D eigenvalue weighted by molar-refractivity contribution is 5.93. The van der Waals surface area contributed by atoms with Gasteiger partial charge in [-0.25, -0.2) is 4.98 Å². The van der Waals surface area contributed by atoms with Crippen LogP contribution in [0.5, 0.6) is 0 Å². The Hall–Kier alpha value is -2.74. The molecule has 8 heteroatoms. The molecule has 4 rings (SSSR count). The number of piperidine rings is 1. The van der Waals surface area contributed by atoms with Crippen LogP contribution in [0.4, 0.5) is 0 Å². The SMILES string of the molecule is Cc1cccnc1C(=O)N1CCC2(CC1)N[C@H](C(=O)NC(C)C)Cc1[nH]cnc12. The molecular formula is C21H28N6O2. The highest BCUT2D eigenvalue weighted by Crippen LogP contribution is 2.37. The van der Waals surface area contributed by atoms with Gasteiger partial charge in [0, 0.05) is 37.4 Å². The monoisotopic (exact) mass is 396 g/mol. The van der Waals surface area contributed by atoms with Crippen LogP contribution in [-0.2, 0) is 16.8 Å². The number of carbonyl (C=O) groups excluding carboxylic acids is 2. The average Bonchev–Trinajstić information content (AvgIpc) is 3.18. The van der Waals surface area contributed by atoms with Crippen molar-refractivity contribution in [3.05, 3.63) is 47.3 Å². The molecule has 2 aliphatic rings. The fourth-order valence-corrected chi connectivity index (χ4v) is 4.42. The number of nitrogens with one attached hydrogen (secondary N) is 3. The summed E-state index contributed by atoms with van der Waals surface area (Å²) in [7, 11) is 0. The van der Waals surface area contributed by atoms with Gasteiger partial charge in [-0.1, -0.05) is 6.07 Å². The number of fused-ring (bicyclic) bond motifs is 2. The maximum absolute atomic E-state index is 12.9. The van der Waals surface area contributed by atoms with Crippen molar-refractivity contribution < 1.29 is 9.59 Å². The van der Waals surface area contributed by atoms with Gasteiger partial charge in [-0.3, -0.25) is 19.9 Å².